The van der Waals surface area contributed by atoms with Crippen LogP contribution in [0.4, 0.5) is 16.2 Å². The third kappa shape index (κ3) is 8.93. The monoisotopic (exact) mass is 693 g/mol. The van der Waals surface area contributed by atoms with Gasteiger partial charge in [0.2, 0.25) is 0 Å². The van der Waals surface area contributed by atoms with Crippen molar-refractivity contribution in [1.82, 2.24) is 15.0 Å². The number of aryl methyl sites for hydroxylation is 2. The van der Waals surface area contributed by atoms with E-state index in [0.717, 1.165) is 58.3 Å². The normalized spacial score (nSPS) is 11.3. The first-order valence-electron chi connectivity index (χ1n) is 18.2. The Labute approximate surface area is 305 Å². The van der Waals surface area contributed by atoms with E-state index in [1.54, 1.807) is 23.4 Å². The smallest absolute Gasteiger partial charge is 0.326 e. The molecule has 52 heavy (non-hydrogen) atoms. The van der Waals surface area contributed by atoms with Crippen LogP contribution in [0.1, 0.15) is 74.6 Å². The molecule has 0 atom stereocenters. The van der Waals surface area contributed by atoms with Crippen molar-refractivity contribution in [1.29, 1.82) is 0 Å². The molecule has 3 aromatic carbocycles. The number of aromatic amines is 1. The molecule has 266 valence electrons. The van der Waals surface area contributed by atoms with Gasteiger partial charge < -0.3 is 15.0 Å². The van der Waals surface area contributed by atoms with Gasteiger partial charge >= 0.3 is 6.03 Å². The van der Waals surface area contributed by atoms with Gasteiger partial charge in [0.15, 0.2) is 0 Å². The number of fused-ring (bicyclic) bond motifs is 1. The Morgan fingerprint density at radius 3 is 2.25 bits per heavy atom. The number of hydrogen-bond acceptors (Lipinski definition) is 5. The van der Waals surface area contributed by atoms with Gasteiger partial charge in [0.05, 0.1) is 6.61 Å². The zero-order valence-corrected chi connectivity index (χ0v) is 30.4. The first kappa shape index (κ1) is 36.0. The molecule has 3 heterocycles. The summed E-state index contributed by atoms with van der Waals surface area (Å²) in [5.74, 6) is 1.04. The fourth-order valence-corrected chi connectivity index (χ4v) is 6.50. The van der Waals surface area contributed by atoms with Crippen LogP contribution in [0.5, 0.6) is 5.75 Å². The van der Waals surface area contributed by atoms with E-state index in [1.165, 1.54) is 11.1 Å². The molecule has 0 saturated carbocycles. The number of urea groups is 1. The van der Waals surface area contributed by atoms with E-state index in [9.17, 15) is 9.59 Å². The number of amides is 2. The minimum absolute atomic E-state index is 0.112. The lowest BCUT2D eigenvalue weighted by Gasteiger charge is -2.27. The van der Waals surface area contributed by atoms with Gasteiger partial charge in [-0.2, -0.15) is 0 Å². The fourth-order valence-electron chi connectivity index (χ4n) is 6.50. The van der Waals surface area contributed by atoms with E-state index in [2.05, 4.69) is 90.4 Å². The predicted molar refractivity (Wildman–Crippen MR) is 212 cm³/mol. The molecular weight excluding hydrogens is 647 g/mol. The van der Waals surface area contributed by atoms with Crippen molar-refractivity contribution in [3.05, 3.63) is 148 Å². The molecule has 0 spiro atoms. The number of nitrogens with one attached hydrogen (secondary N) is 2. The first-order chi connectivity index (χ1) is 25.3. The van der Waals surface area contributed by atoms with Gasteiger partial charge in [-0.25, -0.2) is 9.78 Å². The third-order valence-electron chi connectivity index (χ3n) is 9.27. The van der Waals surface area contributed by atoms with Crippen molar-refractivity contribution in [2.24, 2.45) is 0 Å². The van der Waals surface area contributed by atoms with Crippen LogP contribution in [0.3, 0.4) is 0 Å². The van der Waals surface area contributed by atoms with Crippen molar-refractivity contribution in [3.63, 3.8) is 0 Å². The van der Waals surface area contributed by atoms with Crippen LogP contribution in [0.2, 0.25) is 0 Å². The molecule has 8 heteroatoms. The number of H-pyrrole nitrogens is 1. The maximum Gasteiger partial charge on any atom is 0.326 e. The van der Waals surface area contributed by atoms with Crippen molar-refractivity contribution in [3.8, 4) is 16.9 Å². The number of benzene rings is 3. The number of carbonyl (C=O) groups excluding carboxylic acids is 1. The number of pyridine rings is 3. The summed E-state index contributed by atoms with van der Waals surface area (Å²) in [6.45, 7) is 9.52. The average Bonchev–Trinajstić information content (AvgIpc) is 3.16. The number of carbonyl (C=O) groups is 1. The lowest BCUT2D eigenvalue weighted by molar-refractivity contribution is 0.256. The number of rotatable bonds is 14. The molecule has 0 radical (unpaired) electrons. The quantitative estimate of drug-likeness (QED) is 0.111. The number of nitrogens with zero attached hydrogens (tertiary/aromatic N) is 3. The average molecular weight is 694 g/mol. The zero-order valence-electron chi connectivity index (χ0n) is 30.4. The van der Waals surface area contributed by atoms with Gasteiger partial charge in [0.1, 0.15) is 17.1 Å². The number of ether oxygens (including phenoxy) is 1. The lowest BCUT2D eigenvalue weighted by atomic mass is 9.88. The highest BCUT2D eigenvalue weighted by Gasteiger charge is 2.24. The van der Waals surface area contributed by atoms with E-state index < -0.39 is 0 Å². The summed E-state index contributed by atoms with van der Waals surface area (Å²) < 4.78 is 6.17. The second-order valence-electron chi connectivity index (χ2n) is 13.8. The van der Waals surface area contributed by atoms with E-state index in [1.807, 2.05) is 54.7 Å². The fraction of sp³-hybridized carbons (Fsp3) is 0.273. The van der Waals surface area contributed by atoms with E-state index in [0.29, 0.717) is 25.2 Å². The van der Waals surface area contributed by atoms with Crippen molar-refractivity contribution >= 4 is 28.4 Å². The molecule has 0 fully saturated rings. The molecule has 6 rings (SSSR count). The van der Waals surface area contributed by atoms with Gasteiger partial charge in [0, 0.05) is 36.2 Å². The summed E-state index contributed by atoms with van der Waals surface area (Å²) in [6.07, 6.45) is 8.58. The molecule has 0 aliphatic carbocycles. The number of aromatic nitrogens is 3. The van der Waals surface area contributed by atoms with Crippen LogP contribution in [-0.4, -0.2) is 34.1 Å². The van der Waals surface area contributed by atoms with Crippen LogP contribution < -0.4 is 20.5 Å². The highest BCUT2D eigenvalue weighted by atomic mass is 16.5. The second-order valence-corrected chi connectivity index (χ2v) is 13.8. The van der Waals surface area contributed by atoms with Crippen LogP contribution >= 0.6 is 0 Å². The molecule has 8 nitrogen and oxygen atoms in total. The molecule has 0 unspecified atom stereocenters. The Morgan fingerprint density at radius 2 is 1.52 bits per heavy atom. The predicted octanol–water partition coefficient (Wildman–Crippen LogP) is 9.91. The second kappa shape index (κ2) is 17.0. The van der Waals surface area contributed by atoms with Crippen molar-refractivity contribution < 1.29 is 9.53 Å². The first-order valence-corrected chi connectivity index (χ1v) is 18.2. The number of anilines is 2. The molecule has 3 aromatic heterocycles. The molecule has 2 amide bonds. The summed E-state index contributed by atoms with van der Waals surface area (Å²) in [7, 11) is 0. The van der Waals surface area contributed by atoms with Gasteiger partial charge in [-0.05, 0) is 119 Å². The largest absolute Gasteiger partial charge is 0.494 e. The SMILES string of the molecule is CC(C)c1cc(-c2cccc(OCCCc3cccnc3)c2)cc(C(C)C)c1NC(=O)N(CCCc1ccccc1)c1cc2cccnc2[nH]c1=O. The molecule has 0 aliphatic rings. The molecule has 6 aromatic rings. The highest BCUT2D eigenvalue weighted by molar-refractivity contribution is 6.03. The van der Waals surface area contributed by atoms with Crippen LogP contribution in [0.25, 0.3) is 22.2 Å². The van der Waals surface area contributed by atoms with Crippen LogP contribution in [-0.2, 0) is 12.8 Å². The molecule has 0 saturated heterocycles. The maximum atomic E-state index is 14.4. The minimum atomic E-state index is -0.358. The van der Waals surface area contributed by atoms with E-state index in [-0.39, 0.29) is 29.1 Å². The third-order valence-corrected chi connectivity index (χ3v) is 9.27. The highest BCUT2D eigenvalue weighted by Crippen LogP contribution is 2.38. The van der Waals surface area contributed by atoms with Crippen molar-refractivity contribution in [2.75, 3.05) is 23.4 Å². The Morgan fingerprint density at radius 1 is 0.788 bits per heavy atom. The summed E-state index contributed by atoms with van der Waals surface area (Å²) in [5.41, 5.74) is 7.74. The summed E-state index contributed by atoms with van der Waals surface area (Å²) >= 11 is 0. The van der Waals surface area contributed by atoms with Gasteiger partial charge in [-0.1, -0.05) is 76.2 Å². The molecule has 2 N–H and O–H groups in total. The molecule has 0 aliphatic heterocycles. The van der Waals surface area contributed by atoms with E-state index in [4.69, 9.17) is 4.74 Å². The topological polar surface area (TPSA) is 100 Å². The standard InChI is InChI=1S/C44H47N5O3/c1-30(2)38-26-36(34-18-8-20-37(25-34)52-24-12-17-33-15-9-21-45-29-33)27-39(31(3)4)41(38)47-44(51)49(23-11-16-32-13-6-5-7-14-32)40-28-35-19-10-22-46-42(35)48-43(40)50/h5-10,13-15,18-22,25-31H,11-12,16-17,23-24H2,1-4H3,(H,47,51)(H,46,48,50). The van der Waals surface area contributed by atoms with Gasteiger partial charge in [0.25, 0.3) is 5.56 Å². The van der Waals surface area contributed by atoms with Gasteiger partial charge in [-0.3, -0.25) is 14.7 Å². The number of hydrogen-bond donors (Lipinski definition) is 2. The summed E-state index contributed by atoms with van der Waals surface area (Å²) in [4.78, 5) is 40.9. The van der Waals surface area contributed by atoms with Gasteiger partial charge in [-0.15, -0.1) is 0 Å². The van der Waals surface area contributed by atoms with E-state index >= 15 is 0 Å². The molecular formula is C44H47N5O3. The maximum absolute atomic E-state index is 14.4. The Kier molecular flexibility index (Phi) is 11.8. The lowest BCUT2D eigenvalue weighted by Crippen LogP contribution is -2.39. The Hall–Kier alpha value is -5.76. The summed E-state index contributed by atoms with van der Waals surface area (Å²) in [6, 6.07) is 31.9. The summed E-state index contributed by atoms with van der Waals surface area (Å²) in [5, 5.41) is 4.05. The minimum Gasteiger partial charge on any atom is -0.494 e. The Bertz CT molecular complexity index is 2130. The van der Waals surface area contributed by atoms with Crippen LogP contribution in [0, 0.1) is 0 Å². The zero-order chi connectivity index (χ0) is 36.5. The van der Waals surface area contributed by atoms with Crippen LogP contribution in [0.15, 0.2) is 120 Å². The van der Waals surface area contributed by atoms with Crippen molar-refractivity contribution in [2.45, 2.75) is 65.2 Å². The molecule has 0 bridgehead atoms. The Balaban J connectivity index is 1.28.